The third kappa shape index (κ3) is 3.27. The van der Waals surface area contributed by atoms with Gasteiger partial charge in [0.1, 0.15) is 0 Å². The van der Waals surface area contributed by atoms with Crippen LogP contribution in [-0.4, -0.2) is 13.6 Å². The van der Waals surface area contributed by atoms with Crippen molar-refractivity contribution < 1.29 is 13.2 Å². The molecular formula is C11H13F3N2. The van der Waals surface area contributed by atoms with Crippen molar-refractivity contribution in [2.24, 2.45) is 0 Å². The van der Waals surface area contributed by atoms with Crippen LogP contribution in [0.1, 0.15) is 11.1 Å². The molecule has 0 aromatic heterocycles. The van der Waals surface area contributed by atoms with E-state index in [1.807, 2.05) is 0 Å². The molecule has 16 heavy (non-hydrogen) atoms. The van der Waals surface area contributed by atoms with Crippen LogP contribution in [0.5, 0.6) is 0 Å². The highest BCUT2D eigenvalue weighted by Crippen LogP contribution is 2.34. The molecule has 0 radical (unpaired) electrons. The standard InChI is InChI=1S/C11H13F3N2/c1-16-6-2-3-8-4-5-10(15)9(7-8)11(12,13)14/h2-5,7,16H,6,15H2,1H3. The lowest BCUT2D eigenvalue weighted by molar-refractivity contribution is -0.136. The number of nitrogens with one attached hydrogen (secondary N) is 1. The van der Waals surface area contributed by atoms with Crippen molar-refractivity contribution in [2.75, 3.05) is 19.3 Å². The summed E-state index contributed by atoms with van der Waals surface area (Å²) in [6.45, 7) is 0.603. The summed E-state index contributed by atoms with van der Waals surface area (Å²) >= 11 is 0. The molecule has 0 saturated heterocycles. The predicted octanol–water partition coefficient (Wildman–Crippen LogP) is 2.52. The number of likely N-dealkylation sites (N-methyl/N-ethyl adjacent to an activating group) is 1. The van der Waals surface area contributed by atoms with E-state index in [-0.39, 0.29) is 5.69 Å². The van der Waals surface area contributed by atoms with Crippen molar-refractivity contribution in [2.45, 2.75) is 6.18 Å². The van der Waals surface area contributed by atoms with Gasteiger partial charge in [0, 0.05) is 12.2 Å². The molecule has 0 fully saturated rings. The lowest BCUT2D eigenvalue weighted by Gasteiger charge is -2.10. The largest absolute Gasteiger partial charge is 0.418 e. The minimum atomic E-state index is -4.41. The van der Waals surface area contributed by atoms with Gasteiger partial charge in [-0.1, -0.05) is 18.2 Å². The van der Waals surface area contributed by atoms with E-state index in [9.17, 15) is 13.2 Å². The van der Waals surface area contributed by atoms with Gasteiger partial charge in [-0.15, -0.1) is 0 Å². The Morgan fingerprint density at radius 2 is 2.06 bits per heavy atom. The van der Waals surface area contributed by atoms with Crippen molar-refractivity contribution in [3.8, 4) is 0 Å². The molecule has 0 bridgehead atoms. The van der Waals surface area contributed by atoms with Crippen molar-refractivity contribution in [3.05, 3.63) is 35.4 Å². The number of nitrogens with two attached hydrogens (primary N) is 1. The predicted molar refractivity (Wildman–Crippen MR) is 58.8 cm³/mol. The first-order valence-corrected chi connectivity index (χ1v) is 4.73. The van der Waals surface area contributed by atoms with Gasteiger partial charge in [0.05, 0.1) is 5.56 Å². The van der Waals surface area contributed by atoms with Gasteiger partial charge in [-0.2, -0.15) is 13.2 Å². The summed E-state index contributed by atoms with van der Waals surface area (Å²) in [5.41, 5.74) is 4.71. The molecule has 0 amide bonds. The smallest absolute Gasteiger partial charge is 0.398 e. The normalized spacial score (nSPS) is 12.2. The van der Waals surface area contributed by atoms with Crippen LogP contribution in [0, 0.1) is 0 Å². The average Bonchev–Trinajstić information content (AvgIpc) is 2.19. The van der Waals surface area contributed by atoms with E-state index in [2.05, 4.69) is 5.32 Å². The Balaban J connectivity index is 2.99. The molecule has 1 rings (SSSR count). The minimum Gasteiger partial charge on any atom is -0.398 e. The van der Waals surface area contributed by atoms with Gasteiger partial charge >= 0.3 is 6.18 Å². The maximum absolute atomic E-state index is 12.5. The monoisotopic (exact) mass is 230 g/mol. The molecular weight excluding hydrogens is 217 g/mol. The van der Waals surface area contributed by atoms with E-state index >= 15 is 0 Å². The third-order valence-electron chi connectivity index (χ3n) is 2.02. The topological polar surface area (TPSA) is 38.0 Å². The van der Waals surface area contributed by atoms with Crippen LogP contribution in [0.25, 0.3) is 6.08 Å². The molecule has 0 atom stereocenters. The van der Waals surface area contributed by atoms with Crippen molar-refractivity contribution >= 4 is 11.8 Å². The first-order valence-electron chi connectivity index (χ1n) is 4.73. The second-order valence-corrected chi connectivity index (χ2v) is 3.30. The van der Waals surface area contributed by atoms with Crippen LogP contribution >= 0.6 is 0 Å². The SMILES string of the molecule is CNCC=Cc1ccc(N)c(C(F)(F)F)c1. The molecule has 0 aliphatic carbocycles. The number of benzene rings is 1. The number of hydrogen-bond donors (Lipinski definition) is 2. The second-order valence-electron chi connectivity index (χ2n) is 3.30. The summed E-state index contributed by atoms with van der Waals surface area (Å²) in [5, 5.41) is 2.86. The summed E-state index contributed by atoms with van der Waals surface area (Å²) in [6.07, 6.45) is -1.05. The van der Waals surface area contributed by atoms with Crippen molar-refractivity contribution in [1.82, 2.24) is 5.32 Å². The zero-order chi connectivity index (χ0) is 12.2. The highest BCUT2D eigenvalue weighted by atomic mass is 19.4. The van der Waals surface area contributed by atoms with Gasteiger partial charge < -0.3 is 11.1 Å². The van der Waals surface area contributed by atoms with Crippen molar-refractivity contribution in [1.29, 1.82) is 0 Å². The molecule has 0 spiro atoms. The van der Waals surface area contributed by atoms with Crippen LogP contribution in [0.2, 0.25) is 0 Å². The fraction of sp³-hybridized carbons (Fsp3) is 0.273. The van der Waals surface area contributed by atoms with Gasteiger partial charge in [-0.05, 0) is 24.7 Å². The lowest BCUT2D eigenvalue weighted by atomic mass is 10.1. The van der Waals surface area contributed by atoms with Crippen LogP contribution in [0.3, 0.4) is 0 Å². The maximum atomic E-state index is 12.5. The van der Waals surface area contributed by atoms with Gasteiger partial charge in [0.2, 0.25) is 0 Å². The third-order valence-corrected chi connectivity index (χ3v) is 2.02. The molecule has 2 nitrogen and oxygen atoms in total. The van der Waals surface area contributed by atoms with E-state index in [0.717, 1.165) is 6.07 Å². The van der Waals surface area contributed by atoms with Gasteiger partial charge in [0.25, 0.3) is 0 Å². The number of anilines is 1. The highest BCUT2D eigenvalue weighted by Gasteiger charge is 2.32. The van der Waals surface area contributed by atoms with E-state index in [1.54, 1.807) is 25.3 Å². The van der Waals surface area contributed by atoms with Gasteiger partial charge in [0.15, 0.2) is 0 Å². The average molecular weight is 230 g/mol. The molecule has 0 aliphatic rings. The molecule has 0 heterocycles. The number of nitrogen functional groups attached to an aromatic ring is 1. The molecule has 0 aliphatic heterocycles. The molecule has 5 heteroatoms. The van der Waals surface area contributed by atoms with Gasteiger partial charge in [-0.25, -0.2) is 0 Å². The van der Waals surface area contributed by atoms with E-state index < -0.39 is 11.7 Å². The minimum absolute atomic E-state index is 0.252. The summed E-state index contributed by atoms with van der Waals surface area (Å²) < 4.78 is 37.5. The van der Waals surface area contributed by atoms with Crippen LogP contribution in [0.4, 0.5) is 18.9 Å². The molecule has 3 N–H and O–H groups in total. The summed E-state index contributed by atoms with van der Waals surface area (Å²) in [6, 6.07) is 3.86. The zero-order valence-electron chi connectivity index (χ0n) is 8.81. The Morgan fingerprint density at radius 1 is 1.38 bits per heavy atom. The van der Waals surface area contributed by atoms with Crippen LogP contribution in [-0.2, 0) is 6.18 Å². The Hall–Kier alpha value is -1.49. The first kappa shape index (κ1) is 12.6. The number of hydrogen-bond acceptors (Lipinski definition) is 2. The molecule has 88 valence electrons. The Bertz CT molecular complexity index is 383. The Kier molecular flexibility index (Phi) is 3.95. The number of alkyl halides is 3. The molecule has 0 saturated carbocycles. The Labute approximate surface area is 92.0 Å². The molecule has 1 aromatic rings. The zero-order valence-corrected chi connectivity index (χ0v) is 8.81. The fourth-order valence-electron chi connectivity index (χ4n) is 1.24. The maximum Gasteiger partial charge on any atom is 0.418 e. The van der Waals surface area contributed by atoms with E-state index in [1.165, 1.54) is 6.07 Å². The van der Waals surface area contributed by atoms with Crippen LogP contribution < -0.4 is 11.1 Å². The summed E-state index contributed by atoms with van der Waals surface area (Å²) in [5.74, 6) is 0. The number of rotatable bonds is 3. The summed E-state index contributed by atoms with van der Waals surface area (Å²) in [7, 11) is 1.76. The van der Waals surface area contributed by atoms with E-state index in [4.69, 9.17) is 5.73 Å². The fourth-order valence-corrected chi connectivity index (χ4v) is 1.24. The van der Waals surface area contributed by atoms with E-state index in [0.29, 0.717) is 12.1 Å². The second kappa shape index (κ2) is 5.03. The lowest BCUT2D eigenvalue weighted by Crippen LogP contribution is -2.09. The quantitative estimate of drug-likeness (QED) is 0.783. The van der Waals surface area contributed by atoms with Crippen LogP contribution in [0.15, 0.2) is 24.3 Å². The van der Waals surface area contributed by atoms with Crippen molar-refractivity contribution in [3.63, 3.8) is 0 Å². The molecule has 0 unspecified atom stereocenters. The Morgan fingerprint density at radius 3 is 2.62 bits per heavy atom. The summed E-state index contributed by atoms with van der Waals surface area (Å²) in [4.78, 5) is 0. The number of halogens is 3. The molecule has 1 aromatic carbocycles. The highest BCUT2D eigenvalue weighted by molar-refractivity contribution is 5.58. The van der Waals surface area contributed by atoms with Gasteiger partial charge in [-0.3, -0.25) is 0 Å². The first-order chi connectivity index (χ1) is 7.45.